The van der Waals surface area contributed by atoms with E-state index in [9.17, 15) is 8.78 Å². The van der Waals surface area contributed by atoms with Gasteiger partial charge in [0.1, 0.15) is 5.69 Å². The molecule has 2 aromatic rings. The van der Waals surface area contributed by atoms with Crippen molar-refractivity contribution in [1.29, 1.82) is 0 Å². The van der Waals surface area contributed by atoms with E-state index in [2.05, 4.69) is 5.10 Å². The topological polar surface area (TPSA) is 43.8 Å². The Bertz CT molecular complexity index is 582. The fourth-order valence-corrected chi connectivity index (χ4v) is 2.22. The summed E-state index contributed by atoms with van der Waals surface area (Å²) in [5, 5.41) is 4.28. The van der Waals surface area contributed by atoms with Gasteiger partial charge in [0.2, 0.25) is 0 Å². The van der Waals surface area contributed by atoms with E-state index < -0.39 is 11.6 Å². The van der Waals surface area contributed by atoms with Gasteiger partial charge in [-0.25, -0.2) is 13.5 Å². The zero-order valence-electron chi connectivity index (χ0n) is 11.8. The molecule has 0 radical (unpaired) electrons. The number of nitrogens with two attached hydrogens (primary N) is 1. The molecule has 0 saturated heterocycles. The lowest BCUT2D eigenvalue weighted by Gasteiger charge is -2.10. The van der Waals surface area contributed by atoms with Crippen molar-refractivity contribution in [2.24, 2.45) is 5.73 Å². The van der Waals surface area contributed by atoms with E-state index in [0.717, 1.165) is 17.8 Å². The van der Waals surface area contributed by atoms with E-state index in [1.54, 1.807) is 0 Å². The van der Waals surface area contributed by atoms with E-state index >= 15 is 0 Å². The molecule has 0 aliphatic heterocycles. The van der Waals surface area contributed by atoms with Gasteiger partial charge >= 0.3 is 0 Å². The molecule has 0 saturated carbocycles. The van der Waals surface area contributed by atoms with Crippen LogP contribution in [0.1, 0.15) is 30.8 Å². The fraction of sp³-hybridized carbons (Fsp3) is 0.400. The van der Waals surface area contributed by atoms with Gasteiger partial charge < -0.3 is 5.73 Å². The molecule has 1 aromatic heterocycles. The molecule has 0 aliphatic rings. The van der Waals surface area contributed by atoms with Crippen LogP contribution in [0, 0.1) is 11.6 Å². The SMILES string of the molecule is CCc1cc(CC)n(-c2c(F)cc(CCN)cc2F)n1. The summed E-state index contributed by atoms with van der Waals surface area (Å²) in [5.41, 5.74) is 7.49. The molecule has 0 aliphatic carbocycles. The van der Waals surface area contributed by atoms with Gasteiger partial charge in [0, 0.05) is 5.69 Å². The fourth-order valence-electron chi connectivity index (χ4n) is 2.22. The lowest BCUT2D eigenvalue weighted by atomic mass is 10.1. The standard InChI is InChI=1S/C15H19F2N3/c1-3-11-9-12(4-2)20(19-11)15-13(16)7-10(5-6-18)8-14(15)17/h7-9H,3-6,18H2,1-2H3. The zero-order chi connectivity index (χ0) is 14.7. The summed E-state index contributed by atoms with van der Waals surface area (Å²) in [6.45, 7) is 4.26. The summed E-state index contributed by atoms with van der Waals surface area (Å²) < 4.78 is 29.8. The Morgan fingerprint density at radius 1 is 1.10 bits per heavy atom. The van der Waals surface area contributed by atoms with Crippen LogP contribution in [0.15, 0.2) is 18.2 Å². The third-order valence-corrected chi connectivity index (χ3v) is 3.28. The third-order valence-electron chi connectivity index (χ3n) is 3.28. The van der Waals surface area contributed by atoms with Crippen LogP contribution in [0.3, 0.4) is 0 Å². The van der Waals surface area contributed by atoms with Gasteiger partial charge in [0.05, 0.1) is 5.69 Å². The average Bonchev–Trinajstić information content (AvgIpc) is 2.81. The monoisotopic (exact) mass is 279 g/mol. The molecule has 5 heteroatoms. The van der Waals surface area contributed by atoms with Crippen molar-refractivity contribution in [3.63, 3.8) is 0 Å². The third kappa shape index (κ3) is 2.72. The first-order valence-corrected chi connectivity index (χ1v) is 6.86. The highest BCUT2D eigenvalue weighted by molar-refractivity contribution is 5.39. The summed E-state index contributed by atoms with van der Waals surface area (Å²) in [6, 6.07) is 4.54. The Morgan fingerprint density at radius 3 is 2.25 bits per heavy atom. The van der Waals surface area contributed by atoms with Crippen molar-refractivity contribution < 1.29 is 8.78 Å². The van der Waals surface area contributed by atoms with Gasteiger partial charge in [-0.3, -0.25) is 0 Å². The molecule has 108 valence electrons. The van der Waals surface area contributed by atoms with Gasteiger partial charge in [0.25, 0.3) is 0 Å². The Hall–Kier alpha value is -1.75. The molecule has 20 heavy (non-hydrogen) atoms. The summed E-state index contributed by atoms with van der Waals surface area (Å²) in [6.07, 6.45) is 1.85. The largest absolute Gasteiger partial charge is 0.330 e. The molecule has 0 amide bonds. The first-order chi connectivity index (χ1) is 9.60. The molecule has 0 fully saturated rings. The van der Waals surface area contributed by atoms with Gasteiger partial charge in [-0.2, -0.15) is 5.10 Å². The van der Waals surface area contributed by atoms with Crippen LogP contribution >= 0.6 is 0 Å². The Labute approximate surface area is 117 Å². The van der Waals surface area contributed by atoms with E-state index in [1.165, 1.54) is 16.8 Å². The Balaban J connectivity index is 2.54. The summed E-state index contributed by atoms with van der Waals surface area (Å²) in [4.78, 5) is 0. The maximum atomic E-state index is 14.2. The second kappa shape index (κ2) is 6.13. The van der Waals surface area contributed by atoms with Crippen LogP contribution in [0.4, 0.5) is 8.78 Å². The highest BCUT2D eigenvalue weighted by atomic mass is 19.1. The second-order valence-electron chi connectivity index (χ2n) is 4.69. The van der Waals surface area contributed by atoms with Crippen molar-refractivity contribution in [3.05, 3.63) is 46.8 Å². The minimum Gasteiger partial charge on any atom is -0.330 e. The number of hydrogen-bond donors (Lipinski definition) is 1. The number of nitrogens with zero attached hydrogens (tertiary/aromatic N) is 2. The van der Waals surface area contributed by atoms with E-state index in [-0.39, 0.29) is 5.69 Å². The number of aromatic nitrogens is 2. The maximum absolute atomic E-state index is 14.2. The minimum atomic E-state index is -0.603. The van der Waals surface area contributed by atoms with Crippen molar-refractivity contribution in [2.45, 2.75) is 33.1 Å². The Kier molecular flexibility index (Phi) is 4.49. The number of rotatable bonds is 5. The summed E-state index contributed by atoms with van der Waals surface area (Å²) in [7, 11) is 0. The molecule has 0 bridgehead atoms. The molecule has 0 atom stereocenters. The van der Waals surface area contributed by atoms with Crippen LogP contribution in [-0.4, -0.2) is 16.3 Å². The first kappa shape index (κ1) is 14.7. The normalized spacial score (nSPS) is 11.1. The lowest BCUT2D eigenvalue weighted by Crippen LogP contribution is -2.09. The number of benzene rings is 1. The highest BCUT2D eigenvalue weighted by Gasteiger charge is 2.17. The number of hydrogen-bond acceptors (Lipinski definition) is 2. The van der Waals surface area contributed by atoms with E-state index in [0.29, 0.717) is 24.9 Å². The molecule has 1 heterocycles. The molecular weight excluding hydrogens is 260 g/mol. The molecule has 3 nitrogen and oxygen atoms in total. The predicted molar refractivity (Wildman–Crippen MR) is 75.0 cm³/mol. The average molecular weight is 279 g/mol. The first-order valence-electron chi connectivity index (χ1n) is 6.86. The molecule has 1 aromatic carbocycles. The quantitative estimate of drug-likeness (QED) is 0.914. The van der Waals surface area contributed by atoms with Gasteiger partial charge in [0.15, 0.2) is 11.6 Å². The maximum Gasteiger partial charge on any atom is 0.152 e. The second-order valence-corrected chi connectivity index (χ2v) is 4.69. The van der Waals surface area contributed by atoms with Crippen LogP contribution in [0.5, 0.6) is 0 Å². The van der Waals surface area contributed by atoms with E-state index in [1.807, 2.05) is 19.9 Å². The van der Waals surface area contributed by atoms with Crippen LogP contribution in [-0.2, 0) is 19.3 Å². The van der Waals surface area contributed by atoms with E-state index in [4.69, 9.17) is 5.73 Å². The van der Waals surface area contributed by atoms with Gasteiger partial charge in [-0.1, -0.05) is 13.8 Å². The predicted octanol–water partition coefficient (Wildman–Crippen LogP) is 2.78. The van der Waals surface area contributed by atoms with Crippen molar-refractivity contribution in [1.82, 2.24) is 9.78 Å². The van der Waals surface area contributed by atoms with Gasteiger partial charge in [-0.05, 0) is 49.6 Å². The molecule has 2 N–H and O–H groups in total. The number of halogens is 2. The number of aryl methyl sites for hydroxylation is 2. The summed E-state index contributed by atoms with van der Waals surface area (Å²) >= 11 is 0. The molecule has 2 rings (SSSR count). The zero-order valence-corrected chi connectivity index (χ0v) is 11.8. The highest BCUT2D eigenvalue weighted by Crippen LogP contribution is 2.22. The smallest absolute Gasteiger partial charge is 0.152 e. The molecule has 0 spiro atoms. The molecule has 0 unspecified atom stereocenters. The van der Waals surface area contributed by atoms with Crippen LogP contribution < -0.4 is 5.73 Å². The van der Waals surface area contributed by atoms with Crippen LogP contribution in [0.2, 0.25) is 0 Å². The molecular formula is C15H19F2N3. The lowest BCUT2D eigenvalue weighted by molar-refractivity contribution is 0.552. The van der Waals surface area contributed by atoms with Crippen molar-refractivity contribution in [2.75, 3.05) is 6.54 Å². The van der Waals surface area contributed by atoms with Crippen molar-refractivity contribution >= 4 is 0 Å². The van der Waals surface area contributed by atoms with Crippen LogP contribution in [0.25, 0.3) is 5.69 Å². The van der Waals surface area contributed by atoms with Crippen molar-refractivity contribution in [3.8, 4) is 5.69 Å². The van der Waals surface area contributed by atoms with Gasteiger partial charge in [-0.15, -0.1) is 0 Å². The minimum absolute atomic E-state index is 0.109. The summed E-state index contributed by atoms with van der Waals surface area (Å²) in [5.74, 6) is -1.21. The Morgan fingerprint density at radius 2 is 1.75 bits per heavy atom.